The predicted octanol–water partition coefficient (Wildman–Crippen LogP) is 15.6. The first-order valence-electron chi connectivity index (χ1n) is 18.7. The van der Waals surface area contributed by atoms with Crippen molar-refractivity contribution in [2.24, 2.45) is 0 Å². The van der Waals surface area contributed by atoms with Crippen molar-refractivity contribution in [2.75, 3.05) is 4.90 Å². The van der Waals surface area contributed by atoms with Gasteiger partial charge in [0.15, 0.2) is 0 Å². The first-order chi connectivity index (χ1) is 27.2. The Morgan fingerprint density at radius 2 is 1.00 bits per heavy atom. The number of benzene rings is 9. The van der Waals surface area contributed by atoms with Gasteiger partial charge in [-0.2, -0.15) is 0 Å². The molecule has 0 aliphatic heterocycles. The fourth-order valence-electron chi connectivity index (χ4n) is 8.14. The molecule has 0 spiro atoms. The SMILES string of the molecule is c1cc(-c2ccc(-c3ccc4ccccc4c3)cc2)cc(N(c2ccc3c(c2)oc2ccccc23)c2ccccc2-c2ccc3sc4ccccc4c3c2)c1. The van der Waals surface area contributed by atoms with E-state index in [9.17, 15) is 0 Å². The summed E-state index contributed by atoms with van der Waals surface area (Å²) in [5.74, 6) is 0. The van der Waals surface area contributed by atoms with Crippen LogP contribution >= 0.6 is 11.3 Å². The molecule has 0 aliphatic rings. The van der Waals surface area contributed by atoms with E-state index in [4.69, 9.17) is 4.42 Å². The minimum absolute atomic E-state index is 0.868. The van der Waals surface area contributed by atoms with Crippen molar-refractivity contribution in [1.29, 1.82) is 0 Å². The Morgan fingerprint density at radius 3 is 1.89 bits per heavy atom. The molecule has 0 N–H and O–H groups in total. The molecule has 0 atom stereocenters. The number of para-hydroxylation sites is 2. The second-order valence-electron chi connectivity index (χ2n) is 14.1. The van der Waals surface area contributed by atoms with Crippen LogP contribution in [0.1, 0.15) is 0 Å². The molecule has 11 aromatic rings. The van der Waals surface area contributed by atoms with Crippen LogP contribution in [-0.4, -0.2) is 0 Å². The van der Waals surface area contributed by atoms with Gasteiger partial charge in [-0.15, -0.1) is 11.3 Å². The molecule has 3 heteroatoms. The van der Waals surface area contributed by atoms with Crippen LogP contribution in [0.3, 0.4) is 0 Å². The van der Waals surface area contributed by atoms with Crippen molar-refractivity contribution in [3.8, 4) is 33.4 Å². The molecule has 258 valence electrons. The number of fused-ring (bicyclic) bond motifs is 7. The first-order valence-corrected chi connectivity index (χ1v) is 19.5. The molecule has 0 amide bonds. The van der Waals surface area contributed by atoms with Crippen molar-refractivity contribution < 1.29 is 4.42 Å². The second-order valence-corrected chi connectivity index (χ2v) is 15.2. The average Bonchev–Trinajstić information content (AvgIpc) is 3.82. The van der Waals surface area contributed by atoms with Crippen LogP contribution in [-0.2, 0) is 0 Å². The van der Waals surface area contributed by atoms with Gasteiger partial charge in [0.25, 0.3) is 0 Å². The van der Waals surface area contributed by atoms with Gasteiger partial charge in [-0.3, -0.25) is 0 Å². The van der Waals surface area contributed by atoms with Gasteiger partial charge in [-0.25, -0.2) is 0 Å². The largest absolute Gasteiger partial charge is 0.456 e. The standard InChI is InChI=1S/C52H33NOS/c1-2-11-37-30-39(25-24-34(37)10-1)36-22-20-35(21-23-36)38-12-9-13-41(31-38)53(42-27-28-45-44-15-4-7-18-49(44)54-50(45)33-42)48-17-6-3-14-43(48)40-26-29-52-47(32-40)46-16-5-8-19-51(46)55-52/h1-33H. The van der Waals surface area contributed by atoms with Crippen molar-refractivity contribution in [3.63, 3.8) is 0 Å². The van der Waals surface area contributed by atoms with E-state index in [0.717, 1.165) is 50.1 Å². The number of thiophene rings is 1. The maximum atomic E-state index is 6.45. The Morgan fingerprint density at radius 1 is 0.345 bits per heavy atom. The molecule has 0 saturated carbocycles. The Bertz CT molecular complexity index is 3220. The minimum Gasteiger partial charge on any atom is -0.456 e. The van der Waals surface area contributed by atoms with Crippen molar-refractivity contribution in [1.82, 2.24) is 0 Å². The van der Waals surface area contributed by atoms with Gasteiger partial charge < -0.3 is 9.32 Å². The topological polar surface area (TPSA) is 16.4 Å². The van der Waals surface area contributed by atoms with E-state index in [0.29, 0.717) is 0 Å². The normalized spacial score (nSPS) is 11.6. The smallest absolute Gasteiger partial charge is 0.137 e. The van der Waals surface area contributed by atoms with Crippen molar-refractivity contribution in [2.45, 2.75) is 0 Å². The van der Waals surface area contributed by atoms with Crippen LogP contribution in [0.15, 0.2) is 205 Å². The number of hydrogen-bond acceptors (Lipinski definition) is 3. The second kappa shape index (κ2) is 12.9. The van der Waals surface area contributed by atoms with Crippen LogP contribution in [0.5, 0.6) is 0 Å². The molecule has 0 radical (unpaired) electrons. The average molecular weight is 720 g/mol. The van der Waals surface area contributed by atoms with Gasteiger partial charge >= 0.3 is 0 Å². The van der Waals surface area contributed by atoms with Gasteiger partial charge in [0, 0.05) is 53.9 Å². The van der Waals surface area contributed by atoms with Crippen LogP contribution in [0, 0.1) is 0 Å². The molecule has 2 aromatic heterocycles. The molecule has 0 bridgehead atoms. The molecule has 11 rings (SSSR count). The number of furan rings is 1. The zero-order valence-corrected chi connectivity index (χ0v) is 30.6. The van der Waals surface area contributed by atoms with E-state index in [1.807, 2.05) is 23.5 Å². The summed E-state index contributed by atoms with van der Waals surface area (Å²) in [4.78, 5) is 2.38. The van der Waals surface area contributed by atoms with Gasteiger partial charge in [-0.1, -0.05) is 133 Å². The lowest BCUT2D eigenvalue weighted by Gasteiger charge is -2.28. The number of nitrogens with zero attached hydrogens (tertiary/aromatic N) is 1. The zero-order valence-electron chi connectivity index (χ0n) is 29.8. The van der Waals surface area contributed by atoms with Crippen molar-refractivity contribution in [3.05, 3.63) is 200 Å². The highest BCUT2D eigenvalue weighted by atomic mass is 32.1. The van der Waals surface area contributed by atoms with E-state index in [1.54, 1.807) is 0 Å². The summed E-state index contributed by atoms with van der Waals surface area (Å²) < 4.78 is 9.06. The Labute approximate surface area is 322 Å². The summed E-state index contributed by atoms with van der Waals surface area (Å²) in [5, 5.41) is 7.34. The van der Waals surface area contributed by atoms with Crippen molar-refractivity contribution >= 4 is 81.3 Å². The lowest BCUT2D eigenvalue weighted by atomic mass is 9.97. The summed E-state index contributed by atoms with van der Waals surface area (Å²) in [6, 6.07) is 72.3. The van der Waals surface area contributed by atoms with Crippen LogP contribution < -0.4 is 4.90 Å². The first kappa shape index (κ1) is 31.6. The monoisotopic (exact) mass is 719 g/mol. The van der Waals surface area contributed by atoms with E-state index in [2.05, 4.69) is 193 Å². The van der Waals surface area contributed by atoms with E-state index in [-0.39, 0.29) is 0 Å². The highest BCUT2D eigenvalue weighted by molar-refractivity contribution is 7.25. The highest BCUT2D eigenvalue weighted by Crippen LogP contribution is 2.45. The van der Waals surface area contributed by atoms with E-state index in [1.165, 1.54) is 53.2 Å². The molecule has 2 heterocycles. The number of rotatable bonds is 6. The third kappa shape index (κ3) is 5.48. The van der Waals surface area contributed by atoms with E-state index >= 15 is 0 Å². The maximum Gasteiger partial charge on any atom is 0.137 e. The molecule has 55 heavy (non-hydrogen) atoms. The van der Waals surface area contributed by atoms with Gasteiger partial charge in [-0.05, 0) is 99.3 Å². The zero-order chi connectivity index (χ0) is 36.3. The predicted molar refractivity (Wildman–Crippen MR) is 235 cm³/mol. The summed E-state index contributed by atoms with van der Waals surface area (Å²) in [5.41, 5.74) is 12.1. The van der Waals surface area contributed by atoms with Gasteiger partial charge in [0.1, 0.15) is 11.2 Å². The molecule has 0 aliphatic carbocycles. The maximum absolute atomic E-state index is 6.45. The Balaban J connectivity index is 1.05. The lowest BCUT2D eigenvalue weighted by Crippen LogP contribution is -2.11. The van der Waals surface area contributed by atoms with Crippen LogP contribution in [0.4, 0.5) is 17.1 Å². The quantitative estimate of drug-likeness (QED) is 0.170. The summed E-state index contributed by atoms with van der Waals surface area (Å²) in [7, 11) is 0. The molecule has 2 nitrogen and oxygen atoms in total. The minimum atomic E-state index is 0.868. The molecular formula is C52H33NOS. The summed E-state index contributed by atoms with van der Waals surface area (Å²) in [6.45, 7) is 0. The lowest BCUT2D eigenvalue weighted by molar-refractivity contribution is 0.669. The highest BCUT2D eigenvalue weighted by Gasteiger charge is 2.20. The molecule has 0 unspecified atom stereocenters. The molecular weight excluding hydrogens is 687 g/mol. The van der Waals surface area contributed by atoms with E-state index < -0.39 is 0 Å². The van der Waals surface area contributed by atoms with Crippen LogP contribution in [0.25, 0.3) is 86.3 Å². The molecule has 9 aromatic carbocycles. The summed E-state index contributed by atoms with van der Waals surface area (Å²) in [6.07, 6.45) is 0. The number of anilines is 3. The van der Waals surface area contributed by atoms with Gasteiger partial charge in [0.05, 0.1) is 5.69 Å². The third-order valence-electron chi connectivity index (χ3n) is 10.9. The number of hydrogen-bond donors (Lipinski definition) is 0. The fourth-order valence-corrected chi connectivity index (χ4v) is 9.22. The third-order valence-corrected chi connectivity index (χ3v) is 12.0. The molecule has 0 fully saturated rings. The Kier molecular flexibility index (Phi) is 7.39. The Hall–Kier alpha value is -6.94. The molecule has 0 saturated heterocycles. The van der Waals surface area contributed by atoms with Gasteiger partial charge in [0.2, 0.25) is 0 Å². The fraction of sp³-hybridized carbons (Fsp3) is 0. The van der Waals surface area contributed by atoms with Crippen LogP contribution in [0.2, 0.25) is 0 Å². The summed E-state index contributed by atoms with van der Waals surface area (Å²) >= 11 is 1.85.